The summed E-state index contributed by atoms with van der Waals surface area (Å²) in [6, 6.07) is 13.1. The van der Waals surface area contributed by atoms with E-state index in [-0.39, 0.29) is 17.3 Å². The van der Waals surface area contributed by atoms with E-state index >= 15 is 0 Å². The zero-order valence-corrected chi connectivity index (χ0v) is 15.5. The zero-order valence-electron chi connectivity index (χ0n) is 14.6. The summed E-state index contributed by atoms with van der Waals surface area (Å²) in [7, 11) is 0. The molecule has 3 rings (SSSR count). The molecule has 3 aromatic rings. The Morgan fingerprint density at radius 1 is 1.11 bits per heavy atom. The van der Waals surface area contributed by atoms with E-state index in [1.54, 1.807) is 18.2 Å². The van der Waals surface area contributed by atoms with E-state index in [2.05, 4.69) is 4.98 Å². The number of nitrogens with zero attached hydrogens (tertiary/aromatic N) is 1. The van der Waals surface area contributed by atoms with Crippen molar-refractivity contribution >= 4 is 17.3 Å². The number of hydrogen-bond donors (Lipinski definition) is 1. The van der Waals surface area contributed by atoms with Crippen molar-refractivity contribution in [3.63, 3.8) is 0 Å². The third-order valence-electron chi connectivity index (χ3n) is 3.77. The maximum absolute atomic E-state index is 12.9. The second kappa shape index (κ2) is 8.64. The van der Waals surface area contributed by atoms with Gasteiger partial charge >= 0.3 is 5.97 Å². The molecule has 0 unspecified atom stereocenters. The second-order valence-corrected chi connectivity index (χ2v) is 6.60. The number of aromatic nitrogens is 1. The first-order valence-corrected chi connectivity index (χ1v) is 9.23. The number of carbonyl (C=O) groups is 1. The van der Waals surface area contributed by atoms with Crippen LogP contribution in [0.25, 0.3) is 10.6 Å². The van der Waals surface area contributed by atoms with Crippen molar-refractivity contribution < 1.29 is 23.8 Å². The Morgan fingerprint density at radius 2 is 1.81 bits per heavy atom. The Kier molecular flexibility index (Phi) is 6.03. The number of aromatic carboxylic acids is 1. The van der Waals surface area contributed by atoms with Crippen molar-refractivity contribution in [2.75, 3.05) is 13.2 Å². The number of aryl methyl sites for hydroxylation is 1. The number of benzene rings is 2. The molecule has 0 atom stereocenters. The molecule has 0 aliphatic rings. The molecule has 0 fully saturated rings. The van der Waals surface area contributed by atoms with Gasteiger partial charge in [0.2, 0.25) is 0 Å². The highest BCUT2D eigenvalue weighted by molar-refractivity contribution is 7.17. The molecule has 0 aliphatic heterocycles. The molecule has 0 amide bonds. The number of carboxylic acids is 1. The standard InChI is InChI=1S/C20H18FNO4S/c1-2-16-18(20(23)24)27-19(22-16)15-5-3-4-6-17(15)26-12-11-25-14-9-7-13(21)8-10-14/h3-10H,2,11-12H2,1H3,(H,23,24). The van der Waals surface area contributed by atoms with Gasteiger partial charge in [0, 0.05) is 0 Å². The molecule has 0 bridgehead atoms. The van der Waals surface area contributed by atoms with Crippen LogP contribution in [0.4, 0.5) is 4.39 Å². The predicted molar refractivity (Wildman–Crippen MR) is 101 cm³/mol. The minimum absolute atomic E-state index is 0.252. The fourth-order valence-electron chi connectivity index (χ4n) is 2.48. The minimum Gasteiger partial charge on any atom is -0.490 e. The zero-order chi connectivity index (χ0) is 19.2. The normalized spacial score (nSPS) is 10.6. The Balaban J connectivity index is 1.69. The summed E-state index contributed by atoms with van der Waals surface area (Å²) in [4.78, 5) is 16.1. The minimum atomic E-state index is -0.971. The van der Waals surface area contributed by atoms with Gasteiger partial charge in [0.25, 0.3) is 0 Å². The van der Waals surface area contributed by atoms with Gasteiger partial charge < -0.3 is 14.6 Å². The molecule has 1 aromatic heterocycles. The number of halogens is 1. The highest BCUT2D eigenvalue weighted by atomic mass is 32.1. The molecule has 0 saturated carbocycles. The first kappa shape index (κ1) is 18.8. The van der Waals surface area contributed by atoms with Crippen LogP contribution in [0.1, 0.15) is 22.3 Å². The Morgan fingerprint density at radius 3 is 2.48 bits per heavy atom. The Hall–Kier alpha value is -2.93. The van der Waals surface area contributed by atoms with E-state index in [9.17, 15) is 14.3 Å². The molecule has 5 nitrogen and oxygen atoms in total. The number of rotatable bonds is 8. The topological polar surface area (TPSA) is 68.7 Å². The van der Waals surface area contributed by atoms with Gasteiger partial charge in [0.15, 0.2) is 0 Å². The van der Waals surface area contributed by atoms with Crippen LogP contribution in [-0.4, -0.2) is 29.3 Å². The number of para-hydroxylation sites is 1. The van der Waals surface area contributed by atoms with Crippen LogP contribution in [0, 0.1) is 5.82 Å². The molecule has 0 saturated heterocycles. The van der Waals surface area contributed by atoms with Crippen LogP contribution in [0.3, 0.4) is 0 Å². The SMILES string of the molecule is CCc1nc(-c2ccccc2OCCOc2ccc(F)cc2)sc1C(=O)O. The van der Waals surface area contributed by atoms with Crippen molar-refractivity contribution in [2.24, 2.45) is 0 Å². The molecule has 1 heterocycles. The number of thiazole rings is 1. The molecule has 27 heavy (non-hydrogen) atoms. The average molecular weight is 387 g/mol. The van der Waals surface area contributed by atoms with Gasteiger partial charge in [-0.05, 0) is 42.8 Å². The summed E-state index contributed by atoms with van der Waals surface area (Å²) in [5.41, 5.74) is 1.31. The van der Waals surface area contributed by atoms with Crippen LogP contribution >= 0.6 is 11.3 Å². The van der Waals surface area contributed by atoms with Crippen LogP contribution in [-0.2, 0) is 6.42 Å². The van der Waals surface area contributed by atoms with Gasteiger partial charge in [0.1, 0.15) is 40.4 Å². The highest BCUT2D eigenvalue weighted by Gasteiger charge is 2.18. The van der Waals surface area contributed by atoms with Crippen LogP contribution < -0.4 is 9.47 Å². The average Bonchev–Trinajstić information content (AvgIpc) is 3.11. The lowest BCUT2D eigenvalue weighted by Gasteiger charge is -2.11. The smallest absolute Gasteiger partial charge is 0.347 e. The molecule has 7 heteroatoms. The van der Waals surface area contributed by atoms with Crippen molar-refractivity contribution in [3.05, 3.63) is 64.9 Å². The van der Waals surface area contributed by atoms with Gasteiger partial charge in [-0.1, -0.05) is 19.1 Å². The summed E-state index contributed by atoms with van der Waals surface area (Å²) in [5, 5.41) is 9.93. The molecular weight excluding hydrogens is 369 g/mol. The van der Waals surface area contributed by atoms with Crippen molar-refractivity contribution in [2.45, 2.75) is 13.3 Å². The van der Waals surface area contributed by atoms with Gasteiger partial charge in [-0.3, -0.25) is 0 Å². The fourth-order valence-corrected chi connectivity index (χ4v) is 3.51. The second-order valence-electron chi connectivity index (χ2n) is 5.60. The van der Waals surface area contributed by atoms with E-state index in [1.807, 2.05) is 25.1 Å². The first-order chi connectivity index (χ1) is 13.1. The molecule has 0 aliphatic carbocycles. The van der Waals surface area contributed by atoms with Crippen molar-refractivity contribution in [1.82, 2.24) is 4.98 Å². The molecule has 1 N–H and O–H groups in total. The van der Waals surface area contributed by atoms with Crippen LogP contribution in [0.2, 0.25) is 0 Å². The van der Waals surface area contributed by atoms with Crippen molar-refractivity contribution in [3.8, 4) is 22.1 Å². The van der Waals surface area contributed by atoms with E-state index < -0.39 is 5.97 Å². The lowest BCUT2D eigenvalue weighted by atomic mass is 10.2. The first-order valence-electron chi connectivity index (χ1n) is 8.42. The molecule has 0 spiro atoms. The largest absolute Gasteiger partial charge is 0.490 e. The monoisotopic (exact) mass is 387 g/mol. The number of carboxylic acid groups (broad SMARTS) is 1. The highest BCUT2D eigenvalue weighted by Crippen LogP contribution is 2.34. The third kappa shape index (κ3) is 4.62. The molecule has 2 aromatic carbocycles. The quantitative estimate of drug-likeness (QED) is 0.569. The molecule has 0 radical (unpaired) electrons. The lowest BCUT2D eigenvalue weighted by Crippen LogP contribution is -2.09. The maximum atomic E-state index is 12.9. The van der Waals surface area contributed by atoms with Gasteiger partial charge in [-0.25, -0.2) is 14.2 Å². The Bertz CT molecular complexity index is 924. The number of hydrogen-bond acceptors (Lipinski definition) is 5. The fraction of sp³-hybridized carbons (Fsp3) is 0.200. The van der Waals surface area contributed by atoms with E-state index in [1.165, 1.54) is 12.1 Å². The maximum Gasteiger partial charge on any atom is 0.347 e. The summed E-state index contributed by atoms with van der Waals surface area (Å²) in [6.45, 7) is 2.45. The van der Waals surface area contributed by atoms with E-state index in [4.69, 9.17) is 9.47 Å². The Labute approximate surface area is 160 Å². The summed E-state index contributed by atoms with van der Waals surface area (Å²) < 4.78 is 24.2. The molecule has 140 valence electrons. The van der Waals surface area contributed by atoms with Gasteiger partial charge in [-0.2, -0.15) is 0 Å². The number of ether oxygens (including phenoxy) is 2. The van der Waals surface area contributed by atoms with E-state index in [0.717, 1.165) is 16.9 Å². The third-order valence-corrected chi connectivity index (χ3v) is 4.89. The summed E-state index contributed by atoms with van der Waals surface area (Å²) in [5.74, 6) is -0.120. The lowest BCUT2D eigenvalue weighted by molar-refractivity contribution is 0.0701. The van der Waals surface area contributed by atoms with E-state index in [0.29, 0.717) is 35.2 Å². The van der Waals surface area contributed by atoms with Gasteiger partial charge in [-0.15, -0.1) is 11.3 Å². The van der Waals surface area contributed by atoms with Crippen LogP contribution in [0.15, 0.2) is 48.5 Å². The molecular formula is C20H18FNO4S. The van der Waals surface area contributed by atoms with Gasteiger partial charge in [0.05, 0.1) is 11.3 Å². The van der Waals surface area contributed by atoms with Crippen molar-refractivity contribution in [1.29, 1.82) is 0 Å². The predicted octanol–water partition coefficient (Wildman–Crippen LogP) is 4.67. The van der Waals surface area contributed by atoms with Crippen LogP contribution in [0.5, 0.6) is 11.5 Å². The summed E-state index contributed by atoms with van der Waals surface area (Å²) >= 11 is 1.14. The summed E-state index contributed by atoms with van der Waals surface area (Å²) in [6.07, 6.45) is 0.548.